The SMILES string of the molecule is C#CCNC(=NCCc1cccc2ccccc12)NCC.I. The van der Waals surface area contributed by atoms with Gasteiger partial charge >= 0.3 is 0 Å². The van der Waals surface area contributed by atoms with Crippen molar-refractivity contribution in [1.82, 2.24) is 10.6 Å². The summed E-state index contributed by atoms with van der Waals surface area (Å²) >= 11 is 0. The van der Waals surface area contributed by atoms with Gasteiger partial charge in [0.2, 0.25) is 0 Å². The van der Waals surface area contributed by atoms with Gasteiger partial charge < -0.3 is 10.6 Å². The molecule has 0 bridgehead atoms. The predicted molar refractivity (Wildman–Crippen MR) is 106 cm³/mol. The zero-order chi connectivity index (χ0) is 14.9. The van der Waals surface area contributed by atoms with E-state index in [1.165, 1.54) is 16.3 Å². The highest BCUT2D eigenvalue weighted by atomic mass is 127. The third-order valence-electron chi connectivity index (χ3n) is 3.23. The number of aliphatic imine (C=N–C) groups is 1. The zero-order valence-corrected chi connectivity index (χ0v) is 15.1. The minimum absolute atomic E-state index is 0. The van der Waals surface area contributed by atoms with Gasteiger partial charge in [0.15, 0.2) is 5.96 Å². The van der Waals surface area contributed by atoms with Crippen LogP contribution >= 0.6 is 24.0 Å². The summed E-state index contributed by atoms with van der Waals surface area (Å²) in [5, 5.41) is 8.86. The summed E-state index contributed by atoms with van der Waals surface area (Å²) in [6, 6.07) is 14.9. The van der Waals surface area contributed by atoms with Crippen molar-refractivity contribution in [3.63, 3.8) is 0 Å². The lowest BCUT2D eigenvalue weighted by molar-refractivity contribution is 0.857. The molecule has 0 atom stereocenters. The lowest BCUT2D eigenvalue weighted by Gasteiger charge is -2.09. The van der Waals surface area contributed by atoms with Crippen LogP contribution in [0.4, 0.5) is 0 Å². The molecule has 0 heterocycles. The normalized spacial score (nSPS) is 10.6. The maximum atomic E-state index is 5.26. The smallest absolute Gasteiger partial charge is 0.192 e. The highest BCUT2D eigenvalue weighted by molar-refractivity contribution is 14.0. The lowest BCUT2D eigenvalue weighted by Crippen LogP contribution is -2.37. The average molecular weight is 407 g/mol. The molecule has 2 rings (SSSR count). The van der Waals surface area contributed by atoms with Crippen molar-refractivity contribution >= 4 is 40.7 Å². The van der Waals surface area contributed by atoms with E-state index >= 15 is 0 Å². The first-order chi connectivity index (χ1) is 10.3. The van der Waals surface area contributed by atoms with Crippen LogP contribution in [0.1, 0.15) is 12.5 Å². The quantitative estimate of drug-likeness (QED) is 0.346. The average Bonchev–Trinajstić information content (AvgIpc) is 2.53. The molecule has 4 heteroatoms. The molecule has 22 heavy (non-hydrogen) atoms. The minimum Gasteiger partial charge on any atom is -0.357 e. The van der Waals surface area contributed by atoms with Gasteiger partial charge in [-0.3, -0.25) is 4.99 Å². The highest BCUT2D eigenvalue weighted by Crippen LogP contribution is 2.18. The van der Waals surface area contributed by atoms with Crippen LogP contribution in [0.3, 0.4) is 0 Å². The first-order valence-electron chi connectivity index (χ1n) is 7.27. The lowest BCUT2D eigenvalue weighted by atomic mass is 10.0. The fourth-order valence-electron chi connectivity index (χ4n) is 2.28. The van der Waals surface area contributed by atoms with Crippen LogP contribution in [0, 0.1) is 12.3 Å². The number of fused-ring (bicyclic) bond motifs is 1. The van der Waals surface area contributed by atoms with Gasteiger partial charge in [0.05, 0.1) is 6.54 Å². The first-order valence-corrected chi connectivity index (χ1v) is 7.27. The van der Waals surface area contributed by atoms with Crippen molar-refractivity contribution in [3.05, 3.63) is 48.0 Å². The topological polar surface area (TPSA) is 36.4 Å². The summed E-state index contributed by atoms with van der Waals surface area (Å²) < 4.78 is 0. The Labute approximate surface area is 149 Å². The van der Waals surface area contributed by atoms with E-state index in [9.17, 15) is 0 Å². The molecule has 2 aromatic carbocycles. The van der Waals surface area contributed by atoms with Crippen LogP contribution < -0.4 is 10.6 Å². The Morgan fingerprint density at radius 2 is 1.91 bits per heavy atom. The molecule has 0 aliphatic carbocycles. The third kappa shape index (κ3) is 5.23. The molecule has 3 nitrogen and oxygen atoms in total. The minimum atomic E-state index is 0. The number of hydrogen-bond acceptors (Lipinski definition) is 1. The number of halogens is 1. The summed E-state index contributed by atoms with van der Waals surface area (Å²) in [6.07, 6.45) is 6.17. The van der Waals surface area contributed by atoms with E-state index < -0.39 is 0 Å². The van der Waals surface area contributed by atoms with E-state index in [0.29, 0.717) is 6.54 Å². The molecular weight excluding hydrogens is 385 g/mol. The van der Waals surface area contributed by atoms with Crippen molar-refractivity contribution in [2.45, 2.75) is 13.3 Å². The number of nitrogens with one attached hydrogen (secondary N) is 2. The van der Waals surface area contributed by atoms with Crippen LogP contribution in [-0.2, 0) is 6.42 Å². The second-order valence-electron chi connectivity index (χ2n) is 4.71. The summed E-state index contributed by atoms with van der Waals surface area (Å²) in [7, 11) is 0. The second-order valence-corrected chi connectivity index (χ2v) is 4.71. The molecule has 0 amide bonds. The van der Waals surface area contributed by atoms with E-state index in [1.54, 1.807) is 0 Å². The van der Waals surface area contributed by atoms with Gasteiger partial charge in [-0.2, -0.15) is 0 Å². The fourth-order valence-corrected chi connectivity index (χ4v) is 2.28. The van der Waals surface area contributed by atoms with Crippen molar-refractivity contribution in [2.75, 3.05) is 19.6 Å². The number of terminal acetylenes is 1. The molecule has 0 radical (unpaired) electrons. The summed E-state index contributed by atoms with van der Waals surface area (Å²) in [5.41, 5.74) is 1.32. The van der Waals surface area contributed by atoms with Gasteiger partial charge in [0.25, 0.3) is 0 Å². The van der Waals surface area contributed by atoms with Gasteiger partial charge in [-0.25, -0.2) is 0 Å². The molecule has 0 unspecified atom stereocenters. The predicted octanol–water partition coefficient (Wildman–Crippen LogP) is 3.19. The number of benzene rings is 2. The van der Waals surface area contributed by atoms with Crippen LogP contribution in [0.25, 0.3) is 10.8 Å². The van der Waals surface area contributed by atoms with E-state index in [0.717, 1.165) is 25.5 Å². The van der Waals surface area contributed by atoms with E-state index in [2.05, 4.69) is 64.0 Å². The molecule has 0 saturated carbocycles. The highest BCUT2D eigenvalue weighted by Gasteiger charge is 2.00. The molecule has 0 fully saturated rings. The largest absolute Gasteiger partial charge is 0.357 e. The molecule has 0 aliphatic heterocycles. The molecule has 2 aromatic rings. The molecule has 2 N–H and O–H groups in total. The van der Waals surface area contributed by atoms with Gasteiger partial charge in [-0.1, -0.05) is 48.4 Å². The van der Waals surface area contributed by atoms with Crippen molar-refractivity contribution in [2.24, 2.45) is 4.99 Å². The molecular formula is C18H22IN3. The van der Waals surface area contributed by atoms with Gasteiger partial charge in [-0.15, -0.1) is 30.4 Å². The third-order valence-corrected chi connectivity index (χ3v) is 3.23. The number of rotatable bonds is 5. The molecule has 0 spiro atoms. The number of hydrogen-bond donors (Lipinski definition) is 2. The maximum absolute atomic E-state index is 5.26. The fraction of sp³-hybridized carbons (Fsp3) is 0.278. The molecule has 0 aromatic heterocycles. The Morgan fingerprint density at radius 1 is 1.14 bits per heavy atom. The van der Waals surface area contributed by atoms with Gasteiger partial charge in [-0.05, 0) is 29.7 Å². The Kier molecular flexibility index (Phi) is 8.38. The Hall–Kier alpha value is -1.74. The van der Waals surface area contributed by atoms with Crippen LogP contribution in [0.5, 0.6) is 0 Å². The monoisotopic (exact) mass is 407 g/mol. The Balaban J connectivity index is 0.00000242. The van der Waals surface area contributed by atoms with E-state index in [1.807, 2.05) is 6.92 Å². The standard InChI is InChI=1S/C18H21N3.HI/c1-3-13-20-18(19-4-2)21-14-12-16-10-7-9-15-8-5-6-11-17(15)16;/h1,5-11H,4,12-14H2,2H3,(H2,19,20,21);1H. The van der Waals surface area contributed by atoms with Crippen LogP contribution in [-0.4, -0.2) is 25.6 Å². The summed E-state index contributed by atoms with van der Waals surface area (Å²) in [5.74, 6) is 3.33. The van der Waals surface area contributed by atoms with Gasteiger partial charge in [0, 0.05) is 13.1 Å². The van der Waals surface area contributed by atoms with E-state index in [4.69, 9.17) is 6.42 Å². The van der Waals surface area contributed by atoms with Crippen molar-refractivity contribution < 1.29 is 0 Å². The maximum Gasteiger partial charge on any atom is 0.192 e. The van der Waals surface area contributed by atoms with Crippen molar-refractivity contribution in [1.29, 1.82) is 0 Å². The van der Waals surface area contributed by atoms with Crippen molar-refractivity contribution in [3.8, 4) is 12.3 Å². The number of guanidine groups is 1. The summed E-state index contributed by atoms with van der Waals surface area (Å²) in [4.78, 5) is 4.55. The zero-order valence-electron chi connectivity index (χ0n) is 12.8. The molecule has 116 valence electrons. The Morgan fingerprint density at radius 3 is 2.68 bits per heavy atom. The second kappa shape index (κ2) is 10.1. The Bertz CT molecular complexity index is 653. The van der Waals surface area contributed by atoms with E-state index in [-0.39, 0.29) is 24.0 Å². The summed E-state index contributed by atoms with van der Waals surface area (Å²) in [6.45, 7) is 4.08. The molecule has 0 saturated heterocycles. The number of nitrogens with zero attached hydrogens (tertiary/aromatic N) is 1. The first kappa shape index (κ1) is 18.3. The van der Waals surface area contributed by atoms with Crippen LogP contribution in [0.15, 0.2) is 47.5 Å². The van der Waals surface area contributed by atoms with Gasteiger partial charge in [0.1, 0.15) is 0 Å². The van der Waals surface area contributed by atoms with Crippen LogP contribution in [0.2, 0.25) is 0 Å². The molecule has 0 aliphatic rings.